The van der Waals surface area contributed by atoms with Crippen molar-refractivity contribution in [1.29, 1.82) is 5.26 Å². The van der Waals surface area contributed by atoms with E-state index in [0.29, 0.717) is 22.0 Å². The molecule has 0 radical (unpaired) electrons. The molecule has 1 heterocycles. The summed E-state index contributed by atoms with van der Waals surface area (Å²) in [5.74, 6) is -0.911. The molecule has 0 spiro atoms. The first-order chi connectivity index (χ1) is 14.5. The zero-order valence-electron chi connectivity index (χ0n) is 17.0. The number of nitriles is 1. The minimum atomic E-state index is -0.613. The Labute approximate surface area is 179 Å². The van der Waals surface area contributed by atoms with Crippen molar-refractivity contribution in [3.8, 4) is 6.07 Å². The maximum atomic E-state index is 13.1. The summed E-state index contributed by atoms with van der Waals surface area (Å²) in [7, 11) is 0. The van der Waals surface area contributed by atoms with Crippen LogP contribution in [0, 0.1) is 23.1 Å². The summed E-state index contributed by atoms with van der Waals surface area (Å²) in [6.45, 7) is 4.13. The number of ether oxygens (including phenoxy) is 1. The molecule has 1 unspecified atom stereocenters. The molecule has 1 atom stereocenters. The van der Waals surface area contributed by atoms with Crippen LogP contribution in [0.3, 0.4) is 0 Å². The van der Waals surface area contributed by atoms with Gasteiger partial charge in [-0.15, -0.1) is 11.3 Å². The van der Waals surface area contributed by atoms with Gasteiger partial charge in [0.15, 0.2) is 0 Å². The maximum absolute atomic E-state index is 13.1. The van der Waals surface area contributed by atoms with Crippen LogP contribution in [0.15, 0.2) is 29.8 Å². The van der Waals surface area contributed by atoms with Gasteiger partial charge in [0.05, 0.1) is 12.2 Å². The van der Waals surface area contributed by atoms with E-state index >= 15 is 0 Å². The van der Waals surface area contributed by atoms with E-state index in [9.17, 15) is 19.2 Å². The normalized spacial score (nSPS) is 15.8. The first-order valence-corrected chi connectivity index (χ1v) is 10.8. The predicted octanol–water partition coefficient (Wildman–Crippen LogP) is 5.12. The summed E-state index contributed by atoms with van der Waals surface area (Å²) < 4.78 is 18.3. The van der Waals surface area contributed by atoms with Crippen molar-refractivity contribution in [3.05, 3.63) is 57.2 Å². The van der Waals surface area contributed by atoms with Crippen LogP contribution >= 0.6 is 11.3 Å². The molecule has 0 saturated heterocycles. The Morgan fingerprint density at radius 1 is 1.33 bits per heavy atom. The van der Waals surface area contributed by atoms with Gasteiger partial charge in [0.2, 0.25) is 0 Å². The van der Waals surface area contributed by atoms with Crippen molar-refractivity contribution >= 4 is 34.3 Å². The number of esters is 1. The molecule has 2 aromatic rings. The van der Waals surface area contributed by atoms with Crippen molar-refractivity contribution in [2.75, 3.05) is 11.9 Å². The number of rotatable bonds is 6. The molecule has 0 saturated carbocycles. The summed E-state index contributed by atoms with van der Waals surface area (Å²) in [4.78, 5) is 26.5. The molecule has 7 heteroatoms. The van der Waals surface area contributed by atoms with E-state index in [1.807, 2.05) is 6.07 Å². The quantitative estimate of drug-likeness (QED) is 0.395. The summed E-state index contributed by atoms with van der Waals surface area (Å²) in [5.41, 5.74) is 1.75. The Morgan fingerprint density at radius 3 is 2.70 bits per heavy atom. The monoisotopic (exact) mass is 426 g/mol. The number of carbonyl (C=O) groups excluding carboxylic acids is 2. The van der Waals surface area contributed by atoms with Crippen molar-refractivity contribution in [1.82, 2.24) is 0 Å². The van der Waals surface area contributed by atoms with Gasteiger partial charge in [-0.3, -0.25) is 4.79 Å². The van der Waals surface area contributed by atoms with E-state index in [4.69, 9.17) is 4.74 Å². The Hall–Kier alpha value is -2.98. The van der Waals surface area contributed by atoms with Gasteiger partial charge in [-0.25, -0.2) is 9.18 Å². The van der Waals surface area contributed by atoms with Crippen LogP contribution in [-0.4, -0.2) is 18.5 Å². The van der Waals surface area contributed by atoms with Gasteiger partial charge in [-0.2, -0.15) is 5.26 Å². The van der Waals surface area contributed by atoms with Crippen molar-refractivity contribution < 1.29 is 18.7 Å². The number of amides is 1. The summed E-state index contributed by atoms with van der Waals surface area (Å²) in [6, 6.07) is 7.37. The van der Waals surface area contributed by atoms with Crippen LogP contribution in [0.4, 0.5) is 9.39 Å². The Bertz CT molecular complexity index is 1020. The smallest absolute Gasteiger partial charge is 0.341 e. The van der Waals surface area contributed by atoms with E-state index in [1.165, 1.54) is 41.7 Å². The fourth-order valence-corrected chi connectivity index (χ4v) is 4.90. The van der Waals surface area contributed by atoms with E-state index in [0.717, 1.165) is 36.1 Å². The summed E-state index contributed by atoms with van der Waals surface area (Å²) in [6.07, 6.45) is 5.08. The maximum Gasteiger partial charge on any atom is 0.341 e. The first-order valence-electron chi connectivity index (χ1n) is 9.97. The number of anilines is 1. The third-order valence-electron chi connectivity index (χ3n) is 5.20. The highest BCUT2D eigenvalue weighted by atomic mass is 32.1. The highest BCUT2D eigenvalue weighted by Gasteiger charge is 2.30. The van der Waals surface area contributed by atoms with Gasteiger partial charge in [0.1, 0.15) is 22.5 Å². The van der Waals surface area contributed by atoms with Crippen LogP contribution in [0.25, 0.3) is 6.08 Å². The fraction of sp³-hybridized carbons (Fsp3) is 0.348. The number of halogens is 1. The molecule has 156 valence electrons. The molecule has 1 amide bonds. The molecule has 0 bridgehead atoms. The Morgan fingerprint density at radius 2 is 2.07 bits per heavy atom. The van der Waals surface area contributed by atoms with E-state index in [-0.39, 0.29) is 12.2 Å². The fourth-order valence-electron chi connectivity index (χ4n) is 3.55. The van der Waals surface area contributed by atoms with Crippen LogP contribution in [-0.2, 0) is 22.4 Å². The second-order valence-corrected chi connectivity index (χ2v) is 8.23. The second kappa shape index (κ2) is 9.68. The van der Waals surface area contributed by atoms with Gasteiger partial charge in [0.25, 0.3) is 5.91 Å². The molecule has 1 N–H and O–H groups in total. The number of fused-ring (bicyclic) bond motifs is 1. The molecular formula is C23H23FN2O3S. The minimum Gasteiger partial charge on any atom is -0.462 e. The second-order valence-electron chi connectivity index (χ2n) is 7.12. The van der Waals surface area contributed by atoms with E-state index in [1.54, 1.807) is 6.92 Å². The van der Waals surface area contributed by atoms with Crippen molar-refractivity contribution in [3.63, 3.8) is 0 Å². The van der Waals surface area contributed by atoms with Gasteiger partial charge in [0, 0.05) is 4.88 Å². The molecule has 1 aromatic carbocycles. The van der Waals surface area contributed by atoms with E-state index < -0.39 is 17.7 Å². The lowest BCUT2D eigenvalue weighted by Crippen LogP contribution is -2.17. The number of benzene rings is 1. The first kappa shape index (κ1) is 21.7. The van der Waals surface area contributed by atoms with Crippen LogP contribution in [0.2, 0.25) is 0 Å². The third-order valence-corrected chi connectivity index (χ3v) is 6.37. The molecule has 0 fully saturated rings. The molecule has 30 heavy (non-hydrogen) atoms. The van der Waals surface area contributed by atoms with E-state index in [2.05, 4.69) is 12.2 Å². The van der Waals surface area contributed by atoms with Gasteiger partial charge in [-0.1, -0.05) is 25.5 Å². The zero-order valence-corrected chi connectivity index (χ0v) is 17.8. The SMILES string of the molecule is CCOC(=O)c1c(NC(=O)/C(C#N)=C/c2ccc(F)cc2)sc2c1CCC(CC)C2. The van der Waals surface area contributed by atoms with Crippen molar-refractivity contribution in [2.45, 2.75) is 39.5 Å². The lowest BCUT2D eigenvalue weighted by Gasteiger charge is -2.20. The lowest BCUT2D eigenvalue weighted by atomic mass is 9.85. The number of nitrogens with one attached hydrogen (secondary N) is 1. The molecule has 1 aliphatic rings. The molecule has 3 rings (SSSR count). The summed E-state index contributed by atoms with van der Waals surface area (Å²) in [5, 5.41) is 12.6. The third kappa shape index (κ3) is 4.77. The average molecular weight is 427 g/mol. The Balaban J connectivity index is 1.91. The molecule has 1 aliphatic carbocycles. The average Bonchev–Trinajstić information content (AvgIpc) is 3.10. The number of thiophene rings is 1. The van der Waals surface area contributed by atoms with Gasteiger partial charge >= 0.3 is 5.97 Å². The molecule has 1 aromatic heterocycles. The van der Waals surface area contributed by atoms with Crippen LogP contribution in [0.1, 0.15) is 53.1 Å². The largest absolute Gasteiger partial charge is 0.462 e. The Kier molecular flexibility index (Phi) is 7.01. The lowest BCUT2D eigenvalue weighted by molar-refractivity contribution is -0.112. The number of carbonyl (C=O) groups is 2. The standard InChI is InChI=1S/C23H23FN2O3S/c1-3-14-7-10-18-19(12-14)30-22(20(18)23(28)29-4-2)26-21(27)16(13-25)11-15-5-8-17(24)9-6-15/h5-6,8-9,11,14H,3-4,7,10,12H2,1-2H3,(H,26,27)/b16-11+. The van der Waals surface area contributed by atoms with Crippen LogP contribution < -0.4 is 5.32 Å². The molecule has 0 aliphatic heterocycles. The van der Waals surface area contributed by atoms with Gasteiger partial charge in [-0.05, 0) is 61.4 Å². The molecular weight excluding hydrogens is 403 g/mol. The number of nitrogens with zero attached hydrogens (tertiary/aromatic N) is 1. The van der Waals surface area contributed by atoms with Crippen LogP contribution in [0.5, 0.6) is 0 Å². The molecule has 5 nitrogen and oxygen atoms in total. The highest BCUT2D eigenvalue weighted by molar-refractivity contribution is 7.17. The zero-order chi connectivity index (χ0) is 21.7. The minimum absolute atomic E-state index is 0.130. The number of hydrogen-bond donors (Lipinski definition) is 1. The number of hydrogen-bond acceptors (Lipinski definition) is 5. The van der Waals surface area contributed by atoms with Crippen molar-refractivity contribution in [2.24, 2.45) is 5.92 Å². The highest BCUT2D eigenvalue weighted by Crippen LogP contribution is 2.41. The predicted molar refractivity (Wildman–Crippen MR) is 115 cm³/mol. The van der Waals surface area contributed by atoms with Gasteiger partial charge < -0.3 is 10.1 Å². The summed E-state index contributed by atoms with van der Waals surface area (Å²) >= 11 is 1.38. The topological polar surface area (TPSA) is 79.2 Å².